The second-order valence-electron chi connectivity index (χ2n) is 18.2. The van der Waals surface area contributed by atoms with Gasteiger partial charge in [0.15, 0.2) is 0 Å². The molecule has 0 amide bonds. The van der Waals surface area contributed by atoms with Crippen LogP contribution in [0.25, 0.3) is 0 Å². The number of carbonyl (C=O) groups excluding carboxylic acids is 1. The highest BCUT2D eigenvalue weighted by atomic mass is 31.2. The predicted molar refractivity (Wildman–Crippen MR) is 252 cm³/mol. The Morgan fingerprint density at radius 3 is 1.37 bits per heavy atom. The molecule has 1 N–H and O–H groups in total. The van der Waals surface area contributed by atoms with Gasteiger partial charge in [-0.2, -0.15) is 0 Å². The molecular formula is C50H99NO7P+. The first-order chi connectivity index (χ1) is 28.6. The molecule has 0 saturated heterocycles. The molecule has 0 bridgehead atoms. The van der Waals surface area contributed by atoms with Crippen LogP contribution in [0.3, 0.4) is 0 Å². The van der Waals surface area contributed by atoms with Crippen LogP contribution in [0.1, 0.15) is 232 Å². The minimum atomic E-state index is -4.27. The van der Waals surface area contributed by atoms with Gasteiger partial charge in [-0.25, -0.2) is 4.57 Å². The number of phosphoric acid groups is 1. The van der Waals surface area contributed by atoms with E-state index in [2.05, 4.69) is 38.2 Å². The van der Waals surface area contributed by atoms with E-state index >= 15 is 0 Å². The number of ether oxygens (including phenoxy) is 2. The van der Waals surface area contributed by atoms with E-state index < -0.39 is 13.9 Å². The smallest absolute Gasteiger partial charge is 0.457 e. The van der Waals surface area contributed by atoms with Gasteiger partial charge in [0.2, 0.25) is 0 Å². The molecule has 0 saturated carbocycles. The van der Waals surface area contributed by atoms with E-state index in [1.54, 1.807) is 0 Å². The fraction of sp³-hybridized carbons (Fsp3) is 0.900. The maximum absolute atomic E-state index is 12.7. The Labute approximate surface area is 366 Å². The van der Waals surface area contributed by atoms with Crippen LogP contribution in [0.4, 0.5) is 0 Å². The number of hydrogen-bond donors (Lipinski definition) is 1. The quantitative estimate of drug-likeness (QED) is 0.0214. The van der Waals surface area contributed by atoms with Crippen LogP contribution in [-0.4, -0.2) is 75.6 Å². The Morgan fingerprint density at radius 2 is 0.932 bits per heavy atom. The standard InChI is InChI=1S/C50H98NO7P/c1-6-8-10-12-14-16-18-20-21-22-23-24-25-26-27-28-29-30-32-34-36-38-40-42-45-55-47-49(48-57-59(53,54)56-46-44-51(3,4)5)58-50(52)43-41-39-37-35-33-31-19-17-15-13-11-9-7-2/h18,20,22-23,49H,6-17,19,21,24-48H2,1-5H3/p+1/b20-18-,23-22-. The SMILES string of the molecule is CCCCCCC/C=C\C/C=C\CCCCCCCCCCCCCCOCC(COP(=O)(O)OCC[N+](C)(C)C)OC(=O)CCCCCCCCCCCCCCC. The Balaban J connectivity index is 4.07. The Kier molecular flexibility index (Phi) is 42.9. The highest BCUT2D eigenvalue weighted by Crippen LogP contribution is 2.43. The number of unbranched alkanes of at least 4 members (excludes halogenated alkanes) is 29. The summed E-state index contributed by atoms with van der Waals surface area (Å²) < 4.78 is 35.1. The molecule has 59 heavy (non-hydrogen) atoms. The van der Waals surface area contributed by atoms with Crippen molar-refractivity contribution in [1.29, 1.82) is 0 Å². The Hall–Kier alpha value is -1.02. The van der Waals surface area contributed by atoms with E-state index in [0.717, 1.165) is 38.5 Å². The fourth-order valence-electron chi connectivity index (χ4n) is 7.11. The van der Waals surface area contributed by atoms with Crippen LogP contribution in [0.2, 0.25) is 0 Å². The average molecular weight is 857 g/mol. The number of likely N-dealkylation sites (N-methyl/N-ethyl adjacent to an activating group) is 1. The molecule has 8 nitrogen and oxygen atoms in total. The van der Waals surface area contributed by atoms with E-state index in [4.69, 9.17) is 18.5 Å². The normalized spacial score (nSPS) is 13.8. The first-order valence-corrected chi connectivity index (χ1v) is 26.6. The molecule has 2 atom stereocenters. The Morgan fingerprint density at radius 1 is 0.525 bits per heavy atom. The van der Waals surface area contributed by atoms with E-state index in [1.807, 2.05) is 21.1 Å². The molecule has 0 aliphatic heterocycles. The summed E-state index contributed by atoms with van der Waals surface area (Å²) in [6.07, 6.45) is 50.8. The number of hydrogen-bond acceptors (Lipinski definition) is 6. The summed E-state index contributed by atoms with van der Waals surface area (Å²) in [6.45, 7) is 5.65. The van der Waals surface area contributed by atoms with Gasteiger partial charge in [-0.05, 0) is 44.9 Å². The number of nitrogens with zero attached hydrogens (tertiary/aromatic N) is 1. The first-order valence-electron chi connectivity index (χ1n) is 25.1. The number of rotatable bonds is 47. The zero-order valence-electron chi connectivity index (χ0n) is 39.8. The van der Waals surface area contributed by atoms with Gasteiger partial charge in [0.1, 0.15) is 19.3 Å². The molecule has 2 unspecified atom stereocenters. The van der Waals surface area contributed by atoms with Crippen molar-refractivity contribution in [2.24, 2.45) is 0 Å². The lowest BCUT2D eigenvalue weighted by molar-refractivity contribution is -0.870. The van der Waals surface area contributed by atoms with E-state index in [9.17, 15) is 14.3 Å². The predicted octanol–water partition coefficient (Wildman–Crippen LogP) is 15.2. The van der Waals surface area contributed by atoms with Crippen molar-refractivity contribution in [3.05, 3.63) is 24.3 Å². The summed E-state index contributed by atoms with van der Waals surface area (Å²) in [7, 11) is 1.68. The van der Waals surface area contributed by atoms with Gasteiger partial charge < -0.3 is 18.9 Å². The number of esters is 1. The van der Waals surface area contributed by atoms with Crippen molar-refractivity contribution in [3.63, 3.8) is 0 Å². The zero-order valence-corrected chi connectivity index (χ0v) is 40.6. The van der Waals surface area contributed by atoms with Crippen LogP contribution >= 0.6 is 7.82 Å². The van der Waals surface area contributed by atoms with Gasteiger partial charge >= 0.3 is 13.8 Å². The summed E-state index contributed by atoms with van der Waals surface area (Å²) in [5.41, 5.74) is 0. The molecule has 0 aromatic rings. The summed E-state index contributed by atoms with van der Waals surface area (Å²) in [6, 6.07) is 0. The van der Waals surface area contributed by atoms with Gasteiger partial charge in [0.25, 0.3) is 0 Å². The summed E-state index contributed by atoms with van der Waals surface area (Å²) in [5.74, 6) is -0.311. The number of carbonyl (C=O) groups is 1. The molecule has 0 rings (SSSR count). The van der Waals surface area contributed by atoms with E-state index in [0.29, 0.717) is 24.1 Å². The second-order valence-corrected chi connectivity index (χ2v) is 19.7. The molecule has 0 aromatic heterocycles. The van der Waals surface area contributed by atoms with Gasteiger partial charge in [0, 0.05) is 13.0 Å². The van der Waals surface area contributed by atoms with Crippen molar-refractivity contribution in [1.82, 2.24) is 0 Å². The lowest BCUT2D eigenvalue weighted by atomic mass is 10.0. The maximum Gasteiger partial charge on any atom is 0.472 e. The highest BCUT2D eigenvalue weighted by molar-refractivity contribution is 7.47. The second kappa shape index (κ2) is 43.6. The number of quaternary nitrogens is 1. The number of allylic oxidation sites excluding steroid dienone is 4. The fourth-order valence-corrected chi connectivity index (χ4v) is 7.86. The first kappa shape index (κ1) is 58.0. The number of phosphoric ester groups is 1. The largest absolute Gasteiger partial charge is 0.472 e. The molecule has 0 heterocycles. The molecule has 0 aromatic carbocycles. The monoisotopic (exact) mass is 857 g/mol. The van der Waals surface area contributed by atoms with Crippen molar-refractivity contribution in [2.45, 2.75) is 238 Å². The molecule has 0 aliphatic carbocycles. The third-order valence-corrected chi connectivity index (χ3v) is 12.0. The third kappa shape index (κ3) is 47.9. The molecule has 0 aliphatic rings. The van der Waals surface area contributed by atoms with Crippen LogP contribution < -0.4 is 0 Å². The van der Waals surface area contributed by atoms with Gasteiger partial charge in [-0.1, -0.05) is 205 Å². The molecule has 9 heteroatoms. The lowest BCUT2D eigenvalue weighted by Crippen LogP contribution is -2.37. The van der Waals surface area contributed by atoms with Crippen LogP contribution in [0.15, 0.2) is 24.3 Å². The Bertz CT molecular complexity index is 998. The topological polar surface area (TPSA) is 91.3 Å². The lowest BCUT2D eigenvalue weighted by Gasteiger charge is -2.24. The van der Waals surface area contributed by atoms with Crippen LogP contribution in [0.5, 0.6) is 0 Å². The van der Waals surface area contributed by atoms with Gasteiger partial charge in [0.05, 0.1) is 34.4 Å². The third-order valence-electron chi connectivity index (χ3n) is 11.0. The van der Waals surface area contributed by atoms with E-state index in [-0.39, 0.29) is 25.8 Å². The summed E-state index contributed by atoms with van der Waals surface area (Å²) >= 11 is 0. The molecule has 0 radical (unpaired) electrons. The van der Waals surface area contributed by atoms with Gasteiger partial charge in [-0.15, -0.1) is 0 Å². The molecular weight excluding hydrogens is 758 g/mol. The highest BCUT2D eigenvalue weighted by Gasteiger charge is 2.26. The maximum atomic E-state index is 12.7. The van der Waals surface area contributed by atoms with Crippen molar-refractivity contribution in [2.75, 3.05) is 54.1 Å². The van der Waals surface area contributed by atoms with Crippen LogP contribution in [-0.2, 0) is 27.9 Å². The minimum Gasteiger partial charge on any atom is -0.457 e. The van der Waals surface area contributed by atoms with Crippen molar-refractivity contribution >= 4 is 13.8 Å². The average Bonchev–Trinajstić information content (AvgIpc) is 3.19. The molecule has 350 valence electrons. The zero-order chi connectivity index (χ0) is 43.4. The van der Waals surface area contributed by atoms with Gasteiger partial charge in [-0.3, -0.25) is 13.8 Å². The minimum absolute atomic E-state index is 0.0909. The summed E-state index contributed by atoms with van der Waals surface area (Å²) in [4.78, 5) is 22.9. The van der Waals surface area contributed by atoms with Crippen molar-refractivity contribution < 1.29 is 37.3 Å². The van der Waals surface area contributed by atoms with Crippen LogP contribution in [0, 0.1) is 0 Å². The molecule has 0 spiro atoms. The van der Waals surface area contributed by atoms with Crippen molar-refractivity contribution in [3.8, 4) is 0 Å². The molecule has 0 fully saturated rings. The summed E-state index contributed by atoms with van der Waals surface area (Å²) in [5, 5.41) is 0. The van der Waals surface area contributed by atoms with E-state index in [1.165, 1.54) is 173 Å².